The Labute approximate surface area is 168 Å². The molecule has 2 aromatic rings. The van der Waals surface area contributed by atoms with Gasteiger partial charge >= 0.3 is 0 Å². The Kier molecular flexibility index (Phi) is 7.31. The van der Waals surface area contributed by atoms with Gasteiger partial charge in [-0.05, 0) is 36.2 Å². The molecule has 2 aromatic carbocycles. The van der Waals surface area contributed by atoms with Crippen LogP contribution in [0.5, 0.6) is 5.75 Å². The average Bonchev–Trinajstić information content (AvgIpc) is 2.75. The number of rotatable bonds is 8. The zero-order valence-corrected chi connectivity index (χ0v) is 17.0. The first-order chi connectivity index (χ1) is 13.7. The summed E-state index contributed by atoms with van der Waals surface area (Å²) in [6.45, 7) is 7.34. The number of methoxy groups -OCH3 is 1. The van der Waals surface area contributed by atoms with E-state index in [0.29, 0.717) is 19.0 Å². The second-order valence-corrected chi connectivity index (χ2v) is 7.43. The molecule has 1 aliphatic rings. The Hall–Kier alpha value is -2.53. The quantitative estimate of drug-likeness (QED) is 0.731. The smallest absolute Gasteiger partial charge is 0.275 e. The van der Waals surface area contributed by atoms with Crippen LogP contribution in [0.2, 0.25) is 0 Å². The van der Waals surface area contributed by atoms with Crippen molar-refractivity contribution in [1.82, 2.24) is 5.32 Å². The van der Waals surface area contributed by atoms with Gasteiger partial charge in [0, 0.05) is 18.2 Å². The maximum atomic E-state index is 12.4. The maximum Gasteiger partial charge on any atom is 0.275 e. The Morgan fingerprint density at radius 3 is 2.39 bits per heavy atom. The van der Waals surface area contributed by atoms with Crippen LogP contribution in [0.25, 0.3) is 0 Å². The molecular formula is C23H32N3O2+. The fourth-order valence-electron chi connectivity index (χ4n) is 3.80. The van der Waals surface area contributed by atoms with Gasteiger partial charge in [0.2, 0.25) is 0 Å². The van der Waals surface area contributed by atoms with Gasteiger partial charge in [0.05, 0.1) is 33.3 Å². The van der Waals surface area contributed by atoms with Crippen LogP contribution in [0.15, 0.2) is 54.6 Å². The first kappa shape index (κ1) is 20.2. The number of hydrogen-bond donors (Lipinski definition) is 2. The first-order valence-electron chi connectivity index (χ1n) is 10.2. The van der Waals surface area contributed by atoms with Gasteiger partial charge in [-0.3, -0.25) is 4.79 Å². The summed E-state index contributed by atoms with van der Waals surface area (Å²) < 4.78 is 5.23. The normalized spacial score (nSPS) is 15.9. The Morgan fingerprint density at radius 2 is 1.79 bits per heavy atom. The standard InChI is InChI=1S/C23H31N3O2/c1-3-19(20-7-5-4-6-8-20)17-24-23(27)18-25-13-15-26(16-14-25)21-9-11-22(28-2)12-10-21/h4-12,19H,3,13-18H2,1-2H3,(H,24,27)/p+1/t19-/m1/s1. The van der Waals surface area contributed by atoms with E-state index < -0.39 is 0 Å². The number of hydrogen-bond acceptors (Lipinski definition) is 3. The lowest BCUT2D eigenvalue weighted by Crippen LogP contribution is -3.16. The van der Waals surface area contributed by atoms with Crippen LogP contribution >= 0.6 is 0 Å². The van der Waals surface area contributed by atoms with Crippen LogP contribution < -0.4 is 19.9 Å². The maximum absolute atomic E-state index is 12.4. The van der Waals surface area contributed by atoms with Gasteiger partial charge in [-0.1, -0.05) is 37.3 Å². The molecule has 3 rings (SSSR count). The minimum atomic E-state index is 0.155. The van der Waals surface area contributed by atoms with Gasteiger partial charge in [0.1, 0.15) is 5.75 Å². The Bertz CT molecular complexity index is 725. The van der Waals surface area contributed by atoms with E-state index in [4.69, 9.17) is 4.74 Å². The zero-order valence-electron chi connectivity index (χ0n) is 17.0. The molecule has 150 valence electrons. The van der Waals surface area contributed by atoms with Crippen molar-refractivity contribution in [3.05, 3.63) is 60.2 Å². The van der Waals surface area contributed by atoms with Crippen molar-refractivity contribution in [3.63, 3.8) is 0 Å². The van der Waals surface area contributed by atoms with Crippen molar-refractivity contribution in [2.75, 3.05) is 51.3 Å². The molecule has 1 fully saturated rings. The second kappa shape index (κ2) is 10.1. The van der Waals surface area contributed by atoms with Gasteiger partial charge in [-0.15, -0.1) is 0 Å². The van der Waals surface area contributed by atoms with Crippen molar-refractivity contribution < 1.29 is 14.4 Å². The highest BCUT2D eigenvalue weighted by Crippen LogP contribution is 2.19. The van der Waals surface area contributed by atoms with Crippen LogP contribution in [-0.4, -0.2) is 52.3 Å². The predicted octanol–water partition coefficient (Wildman–Crippen LogP) is 1.71. The van der Waals surface area contributed by atoms with Crippen LogP contribution in [0, 0.1) is 0 Å². The van der Waals surface area contributed by atoms with E-state index in [-0.39, 0.29) is 5.91 Å². The van der Waals surface area contributed by atoms with E-state index >= 15 is 0 Å². The van der Waals surface area contributed by atoms with Gasteiger partial charge in [0.25, 0.3) is 5.91 Å². The van der Waals surface area contributed by atoms with Gasteiger partial charge in [0.15, 0.2) is 6.54 Å². The number of nitrogens with zero attached hydrogens (tertiary/aromatic N) is 1. The topological polar surface area (TPSA) is 46.0 Å². The molecular weight excluding hydrogens is 350 g/mol. The fraction of sp³-hybridized carbons (Fsp3) is 0.435. The highest BCUT2D eigenvalue weighted by Gasteiger charge is 2.22. The minimum Gasteiger partial charge on any atom is -0.497 e. The molecule has 1 saturated heterocycles. The molecule has 1 heterocycles. The molecule has 0 saturated carbocycles. The number of anilines is 1. The van der Waals surface area contributed by atoms with Crippen molar-refractivity contribution in [1.29, 1.82) is 0 Å². The molecule has 28 heavy (non-hydrogen) atoms. The molecule has 1 aliphatic heterocycles. The molecule has 5 nitrogen and oxygen atoms in total. The number of benzene rings is 2. The lowest BCUT2D eigenvalue weighted by molar-refractivity contribution is -0.892. The number of amides is 1. The largest absolute Gasteiger partial charge is 0.497 e. The lowest BCUT2D eigenvalue weighted by atomic mass is 9.96. The van der Waals surface area contributed by atoms with E-state index in [2.05, 4.69) is 53.5 Å². The molecule has 0 aromatic heterocycles. The van der Waals surface area contributed by atoms with Crippen molar-refractivity contribution >= 4 is 11.6 Å². The zero-order chi connectivity index (χ0) is 19.8. The number of carbonyl (C=O) groups excluding carboxylic acids is 1. The third kappa shape index (κ3) is 5.49. The molecule has 1 amide bonds. The average molecular weight is 383 g/mol. The fourth-order valence-corrected chi connectivity index (χ4v) is 3.80. The van der Waals surface area contributed by atoms with E-state index in [9.17, 15) is 4.79 Å². The number of ether oxygens (including phenoxy) is 1. The van der Waals surface area contributed by atoms with Crippen molar-refractivity contribution in [2.24, 2.45) is 0 Å². The summed E-state index contributed by atoms with van der Waals surface area (Å²) in [5.74, 6) is 1.42. The molecule has 5 heteroatoms. The Balaban J connectivity index is 1.42. The van der Waals surface area contributed by atoms with Crippen LogP contribution in [-0.2, 0) is 4.79 Å². The third-order valence-electron chi connectivity index (χ3n) is 5.63. The molecule has 0 radical (unpaired) electrons. The summed E-state index contributed by atoms with van der Waals surface area (Å²) in [5.41, 5.74) is 2.52. The van der Waals surface area contributed by atoms with E-state index in [1.54, 1.807) is 7.11 Å². The minimum absolute atomic E-state index is 0.155. The van der Waals surface area contributed by atoms with Gasteiger partial charge in [-0.2, -0.15) is 0 Å². The summed E-state index contributed by atoms with van der Waals surface area (Å²) in [6.07, 6.45) is 1.03. The molecule has 0 unspecified atom stereocenters. The highest BCUT2D eigenvalue weighted by molar-refractivity contribution is 5.76. The summed E-state index contributed by atoms with van der Waals surface area (Å²) >= 11 is 0. The van der Waals surface area contributed by atoms with Crippen LogP contribution in [0.4, 0.5) is 5.69 Å². The van der Waals surface area contributed by atoms with E-state index in [1.165, 1.54) is 16.2 Å². The van der Waals surface area contributed by atoms with Gasteiger partial charge < -0.3 is 19.9 Å². The number of quaternary nitrogens is 1. The van der Waals surface area contributed by atoms with Crippen LogP contribution in [0.1, 0.15) is 24.8 Å². The molecule has 1 atom stereocenters. The molecule has 0 bridgehead atoms. The monoisotopic (exact) mass is 382 g/mol. The molecule has 0 aliphatic carbocycles. The highest BCUT2D eigenvalue weighted by atomic mass is 16.5. The number of nitrogens with one attached hydrogen (secondary N) is 2. The summed E-state index contributed by atoms with van der Waals surface area (Å²) in [6, 6.07) is 18.6. The van der Waals surface area contributed by atoms with Crippen LogP contribution in [0.3, 0.4) is 0 Å². The number of carbonyl (C=O) groups is 1. The first-order valence-corrected chi connectivity index (χ1v) is 10.2. The predicted molar refractivity (Wildman–Crippen MR) is 113 cm³/mol. The molecule has 2 N–H and O–H groups in total. The van der Waals surface area contributed by atoms with Crippen molar-refractivity contribution in [2.45, 2.75) is 19.3 Å². The lowest BCUT2D eigenvalue weighted by Gasteiger charge is -2.33. The van der Waals surface area contributed by atoms with E-state index in [0.717, 1.165) is 38.3 Å². The van der Waals surface area contributed by atoms with E-state index in [1.807, 2.05) is 18.2 Å². The molecule has 0 spiro atoms. The SMILES string of the molecule is CC[C@H](CNC(=O)C[NH+]1CCN(c2ccc(OC)cc2)CC1)c1ccccc1. The Morgan fingerprint density at radius 1 is 1.11 bits per heavy atom. The summed E-state index contributed by atoms with van der Waals surface area (Å²) in [5, 5.41) is 3.15. The number of piperazine rings is 1. The third-order valence-corrected chi connectivity index (χ3v) is 5.63. The van der Waals surface area contributed by atoms with Crippen molar-refractivity contribution in [3.8, 4) is 5.75 Å². The second-order valence-electron chi connectivity index (χ2n) is 7.43. The summed E-state index contributed by atoms with van der Waals surface area (Å²) in [7, 11) is 1.69. The van der Waals surface area contributed by atoms with Gasteiger partial charge in [-0.25, -0.2) is 0 Å². The summed E-state index contributed by atoms with van der Waals surface area (Å²) in [4.78, 5) is 16.2.